The number of quaternary nitrogens is 4. The highest BCUT2D eigenvalue weighted by atomic mass is 35.5. The average molecular weight is 792 g/mol. The molecule has 4 rings (SSSR count). The summed E-state index contributed by atoms with van der Waals surface area (Å²) in [6, 6.07) is -2.12. The van der Waals surface area contributed by atoms with Gasteiger partial charge < -0.3 is 152 Å². The molecule has 0 radical (unpaired) electrons. The number of ether oxygens (including phenoxy) is 6. The molecule has 0 aromatic carbocycles. The highest BCUT2D eigenvalue weighted by Gasteiger charge is 2.56. The van der Waals surface area contributed by atoms with E-state index in [-0.39, 0.29) is 62.6 Å². The molecule has 290 valence electrons. The summed E-state index contributed by atoms with van der Waals surface area (Å²) in [5, 5.41) is 104. The van der Waals surface area contributed by atoms with Gasteiger partial charge in [-0.25, -0.2) is 0 Å². The van der Waals surface area contributed by atoms with Crippen molar-refractivity contribution in [3.8, 4) is 0 Å². The van der Waals surface area contributed by atoms with Gasteiger partial charge in [-0.2, -0.15) is 0 Å². The van der Waals surface area contributed by atoms with Crippen molar-refractivity contribution in [2.45, 2.75) is 129 Å². The van der Waals surface area contributed by atoms with E-state index < -0.39 is 136 Å². The summed E-state index contributed by atoms with van der Waals surface area (Å²) in [7, 11) is 0. The standard InChI is InChI=1S/C24H46N4O16.4ClH/c25-2-7-12(32)14(34)10(28)22(39-7)42-19-6(27)1-5(26)11(31)21(19)44-24-18(38)16(36)20(9(4-30)41-24)43-23-17(37)15(35)13(33)8(3-29)40-23;;;;/h5-24,29-38H,1-4,25-28H2;4*1H/t5-,6+,7-,8-,9-,10-,11+,12-,13+,14-,15+,16-,17-,18-,19-,20-,21-,22-,23+,24+;;;;/m1..../s1. The Morgan fingerprint density at radius 2 is 0.938 bits per heavy atom. The highest BCUT2D eigenvalue weighted by Crippen LogP contribution is 2.33. The molecule has 1 saturated carbocycles. The van der Waals surface area contributed by atoms with Crippen LogP contribution in [0.2, 0.25) is 0 Å². The maximum Gasteiger partial charge on any atom is 0.214 e. The van der Waals surface area contributed by atoms with Crippen LogP contribution < -0.4 is 72.6 Å². The first kappa shape index (κ1) is 48.4. The molecule has 48 heavy (non-hydrogen) atoms. The first-order valence-corrected chi connectivity index (χ1v) is 14.6. The smallest absolute Gasteiger partial charge is 0.214 e. The van der Waals surface area contributed by atoms with Crippen molar-refractivity contribution in [2.75, 3.05) is 19.8 Å². The fourth-order valence-corrected chi connectivity index (χ4v) is 6.08. The summed E-state index contributed by atoms with van der Waals surface area (Å²) in [4.78, 5) is 0. The van der Waals surface area contributed by atoms with Crippen LogP contribution in [-0.2, 0) is 28.4 Å². The Morgan fingerprint density at radius 3 is 1.48 bits per heavy atom. The predicted octanol–water partition coefficient (Wildman–Crippen LogP) is -24.3. The van der Waals surface area contributed by atoms with Crippen LogP contribution in [0.3, 0.4) is 0 Å². The molecule has 4 fully saturated rings. The van der Waals surface area contributed by atoms with Crippen LogP contribution >= 0.6 is 0 Å². The molecule has 3 heterocycles. The average Bonchev–Trinajstić information content (AvgIpc) is 3.00. The van der Waals surface area contributed by atoms with Crippen molar-refractivity contribution < 1.29 is 152 Å². The minimum atomic E-state index is -1.87. The monoisotopic (exact) mass is 790 g/mol. The van der Waals surface area contributed by atoms with Crippen molar-refractivity contribution in [3.63, 3.8) is 0 Å². The van der Waals surface area contributed by atoms with Crippen LogP contribution in [0.5, 0.6) is 0 Å². The van der Waals surface area contributed by atoms with Crippen molar-refractivity contribution in [2.24, 2.45) is 0 Å². The second-order valence-corrected chi connectivity index (χ2v) is 11.9. The number of halogens is 4. The molecule has 20 atom stereocenters. The summed E-state index contributed by atoms with van der Waals surface area (Å²) in [6.07, 6.45) is -24.6. The molecule has 0 aromatic heterocycles. The number of aliphatic hydroxyl groups is 10. The third kappa shape index (κ3) is 9.86. The summed E-state index contributed by atoms with van der Waals surface area (Å²) < 4.78 is 34.5. The molecule has 3 saturated heterocycles. The lowest BCUT2D eigenvalue weighted by molar-refractivity contribution is -0.537. The molecular formula is C24H50Cl4N4O16. The van der Waals surface area contributed by atoms with Gasteiger partial charge in [-0.05, 0) is 0 Å². The quantitative estimate of drug-likeness (QED) is 0.103. The third-order valence-electron chi connectivity index (χ3n) is 8.87. The zero-order valence-corrected chi connectivity index (χ0v) is 28.7. The Balaban J connectivity index is 0.00000552. The summed E-state index contributed by atoms with van der Waals surface area (Å²) >= 11 is 0. The molecule has 24 heteroatoms. The molecular weight excluding hydrogens is 742 g/mol. The predicted molar refractivity (Wildman–Crippen MR) is 135 cm³/mol. The largest absolute Gasteiger partial charge is 1.00 e. The Kier molecular flexibility index (Phi) is 20.7. The topological polar surface area (TPSA) is 368 Å². The minimum Gasteiger partial charge on any atom is -1.00 e. The minimum absolute atomic E-state index is 0. The summed E-state index contributed by atoms with van der Waals surface area (Å²) in [5.74, 6) is 0. The molecule has 0 spiro atoms. The molecule has 1 aliphatic carbocycles. The van der Waals surface area contributed by atoms with Gasteiger partial charge in [-0.15, -0.1) is 0 Å². The van der Waals surface area contributed by atoms with Crippen molar-refractivity contribution in [1.82, 2.24) is 0 Å². The normalized spacial score (nSPS) is 49.4. The number of rotatable bonds is 9. The van der Waals surface area contributed by atoms with Gasteiger partial charge in [0.15, 0.2) is 18.6 Å². The second-order valence-electron chi connectivity index (χ2n) is 11.9. The number of hydrogen-bond acceptors (Lipinski definition) is 16. The van der Waals surface area contributed by atoms with Crippen molar-refractivity contribution in [3.05, 3.63) is 0 Å². The Labute approximate surface area is 300 Å². The fourth-order valence-electron chi connectivity index (χ4n) is 6.08. The zero-order valence-electron chi connectivity index (χ0n) is 25.6. The van der Waals surface area contributed by atoms with Gasteiger partial charge in [-0.3, -0.25) is 0 Å². The molecule has 3 aliphatic heterocycles. The van der Waals surface area contributed by atoms with Gasteiger partial charge in [0.1, 0.15) is 104 Å². The molecule has 22 N–H and O–H groups in total. The van der Waals surface area contributed by atoms with Gasteiger partial charge in [0, 0.05) is 0 Å². The van der Waals surface area contributed by atoms with E-state index in [1.807, 2.05) is 0 Å². The van der Waals surface area contributed by atoms with Crippen LogP contribution in [0.1, 0.15) is 6.42 Å². The zero-order chi connectivity index (χ0) is 32.6. The van der Waals surface area contributed by atoms with E-state index in [1.165, 1.54) is 0 Å². The molecule has 4 aliphatic rings. The Morgan fingerprint density at radius 1 is 0.479 bits per heavy atom. The van der Waals surface area contributed by atoms with Crippen LogP contribution in [-0.4, -0.2) is 193 Å². The van der Waals surface area contributed by atoms with E-state index in [0.29, 0.717) is 0 Å². The molecule has 0 unspecified atom stereocenters. The van der Waals surface area contributed by atoms with Crippen LogP contribution in [0.4, 0.5) is 0 Å². The lowest BCUT2D eigenvalue weighted by Gasteiger charge is -2.48. The Bertz CT molecular complexity index is 930. The van der Waals surface area contributed by atoms with E-state index in [9.17, 15) is 51.1 Å². The molecule has 20 nitrogen and oxygen atoms in total. The van der Waals surface area contributed by atoms with Gasteiger partial charge in [0.2, 0.25) is 6.29 Å². The van der Waals surface area contributed by atoms with Crippen LogP contribution in [0.15, 0.2) is 0 Å². The lowest BCUT2D eigenvalue weighted by atomic mass is 9.84. The molecule has 0 amide bonds. The molecule has 0 aromatic rings. The maximum atomic E-state index is 11.1. The van der Waals surface area contributed by atoms with Crippen LogP contribution in [0, 0.1) is 0 Å². The summed E-state index contributed by atoms with van der Waals surface area (Å²) in [6.45, 7) is -1.41. The van der Waals surface area contributed by atoms with Gasteiger partial charge in [-0.1, -0.05) is 0 Å². The van der Waals surface area contributed by atoms with E-state index in [1.54, 1.807) is 0 Å². The SMILES string of the molecule is [Cl-].[Cl-].[Cl-].[Cl-].[NH3+]C[C@H]1O[C@H](O[C@H]2[C@H](O[C@@H]3O[C@H](CO)[C@@H](O[C@@H]4O[C@H](CO)[C@H](O)[C@H](O)[C@H]4O)[C@H](O)[C@H]3O)[C@@H](O)[C@H]([NH3+])C[C@@H]2[NH3+])[C@H]([NH3+])[C@@H](O)[C@@H]1O. The highest BCUT2D eigenvalue weighted by molar-refractivity contribution is 4.98. The van der Waals surface area contributed by atoms with E-state index in [2.05, 4.69) is 22.9 Å². The van der Waals surface area contributed by atoms with Crippen molar-refractivity contribution >= 4 is 0 Å². The number of aliphatic hydroxyl groups excluding tert-OH is 10. The second kappa shape index (κ2) is 20.6. The van der Waals surface area contributed by atoms with Gasteiger partial charge >= 0.3 is 0 Å². The maximum absolute atomic E-state index is 11.1. The first-order chi connectivity index (χ1) is 20.7. The summed E-state index contributed by atoms with van der Waals surface area (Å²) in [5.41, 5.74) is 15.6. The third-order valence-corrected chi connectivity index (χ3v) is 8.87. The van der Waals surface area contributed by atoms with E-state index in [0.717, 1.165) is 0 Å². The van der Waals surface area contributed by atoms with Crippen LogP contribution in [0.25, 0.3) is 0 Å². The van der Waals surface area contributed by atoms with E-state index >= 15 is 0 Å². The first-order valence-electron chi connectivity index (χ1n) is 14.6. The molecule has 0 bridgehead atoms. The fraction of sp³-hybridized carbons (Fsp3) is 1.00. The lowest BCUT2D eigenvalue weighted by Crippen LogP contribution is -3.00. The number of hydrogen-bond donors (Lipinski definition) is 14. The van der Waals surface area contributed by atoms with Gasteiger partial charge in [0.25, 0.3) is 0 Å². The van der Waals surface area contributed by atoms with E-state index in [4.69, 9.17) is 28.4 Å². The Hall–Kier alpha value is 0.360. The van der Waals surface area contributed by atoms with Crippen molar-refractivity contribution in [1.29, 1.82) is 0 Å². The van der Waals surface area contributed by atoms with Gasteiger partial charge in [0.05, 0.1) is 19.6 Å².